The highest BCUT2D eigenvalue weighted by atomic mass is 15.6. The van der Waals surface area contributed by atoms with Crippen molar-refractivity contribution in [3.8, 4) is 0 Å². The molecule has 0 spiro atoms. The van der Waals surface area contributed by atoms with Crippen LogP contribution >= 0.6 is 0 Å². The van der Waals surface area contributed by atoms with E-state index in [0.29, 0.717) is 11.0 Å². The number of hydrogen-bond acceptors (Lipinski definition) is 0. The Kier molecular flexibility index (Phi) is 3.46. The van der Waals surface area contributed by atoms with Crippen molar-refractivity contribution in [2.24, 2.45) is 29.1 Å². The summed E-state index contributed by atoms with van der Waals surface area (Å²) in [6.07, 6.45) is 5.89. The molecule has 6 atom stereocenters. The van der Waals surface area contributed by atoms with Crippen molar-refractivity contribution in [1.29, 1.82) is 0 Å². The van der Waals surface area contributed by atoms with E-state index < -0.39 is 0 Å². The molecule has 1 saturated heterocycles. The Labute approximate surface area is 139 Å². The van der Waals surface area contributed by atoms with Crippen LogP contribution in [-0.4, -0.2) is 28.7 Å². The van der Waals surface area contributed by atoms with Crippen molar-refractivity contribution in [2.45, 2.75) is 98.2 Å². The molecule has 22 heavy (non-hydrogen) atoms. The number of nitrogens with zero attached hydrogens (tertiary/aromatic N) is 1. The number of likely N-dealkylation sites (N-methyl/N-ethyl adjacent to an activating group) is 1. The van der Waals surface area contributed by atoms with Crippen LogP contribution in [0.5, 0.6) is 0 Å². The largest absolute Gasteiger partial charge is 0.304 e. The Morgan fingerprint density at radius 2 is 1.73 bits per heavy atom. The van der Waals surface area contributed by atoms with E-state index in [9.17, 15) is 0 Å². The normalized spacial score (nSPS) is 46.4. The van der Waals surface area contributed by atoms with Gasteiger partial charge in [0, 0.05) is 18.3 Å². The molecule has 0 radical (unpaired) electrons. The van der Waals surface area contributed by atoms with Gasteiger partial charge in [-0.1, -0.05) is 41.0 Å². The van der Waals surface area contributed by atoms with Crippen molar-refractivity contribution in [3.63, 3.8) is 0 Å². The van der Waals surface area contributed by atoms with Crippen molar-refractivity contribution >= 4 is 0 Å². The van der Waals surface area contributed by atoms with E-state index in [1.807, 2.05) is 0 Å². The van der Waals surface area contributed by atoms with Crippen molar-refractivity contribution in [2.75, 3.05) is 7.05 Å². The minimum atomic E-state index is 0.505. The minimum Gasteiger partial charge on any atom is -0.304 e. The molecular weight excluding hydrogens is 266 g/mol. The van der Waals surface area contributed by atoms with Crippen LogP contribution in [0.1, 0.15) is 81.1 Å². The van der Waals surface area contributed by atoms with E-state index in [-0.39, 0.29) is 0 Å². The molecule has 0 aromatic heterocycles. The highest BCUT2D eigenvalue weighted by molar-refractivity contribution is 5.32. The van der Waals surface area contributed by atoms with Crippen LogP contribution in [0.2, 0.25) is 0 Å². The van der Waals surface area contributed by atoms with E-state index in [0.717, 1.165) is 35.3 Å². The molecule has 0 amide bonds. The molecule has 3 aliphatic rings. The van der Waals surface area contributed by atoms with Gasteiger partial charge >= 0.3 is 0 Å². The molecule has 2 aliphatic carbocycles. The lowest BCUT2D eigenvalue weighted by Gasteiger charge is -2.35. The Morgan fingerprint density at radius 1 is 1.18 bits per heavy atom. The molecule has 1 nitrogen and oxygen atoms in total. The Hall–Kier alpha value is -0.0400. The van der Waals surface area contributed by atoms with E-state index >= 15 is 0 Å². The van der Waals surface area contributed by atoms with Gasteiger partial charge < -0.3 is 4.48 Å². The molecule has 1 aliphatic heterocycles. The van der Waals surface area contributed by atoms with Crippen molar-refractivity contribution in [1.82, 2.24) is 0 Å². The highest BCUT2D eigenvalue weighted by Gasteiger charge is 2.96. The molecule has 2 saturated carbocycles. The predicted molar refractivity (Wildman–Crippen MR) is 95.7 cm³/mol. The summed E-state index contributed by atoms with van der Waals surface area (Å²) < 4.78 is 1.39. The van der Waals surface area contributed by atoms with Gasteiger partial charge in [0.05, 0.1) is 7.05 Å². The third-order valence-electron chi connectivity index (χ3n) is 9.41. The van der Waals surface area contributed by atoms with E-state index in [1.165, 1.54) is 30.2 Å². The Bertz CT molecular complexity index is 463. The fourth-order valence-electron chi connectivity index (χ4n) is 6.28. The summed E-state index contributed by atoms with van der Waals surface area (Å²) in [5.41, 5.74) is 1.77. The van der Waals surface area contributed by atoms with Gasteiger partial charge in [-0.2, -0.15) is 0 Å². The standard InChI is InChI=1S/C21H40N/c1-14(2)15(3)19(5,6)12-10-11-17-18-13-21(17,18)22(9)16(4)20(22,7)8/h14-18H,10-13H2,1-9H3/q+1. The van der Waals surface area contributed by atoms with Crippen molar-refractivity contribution < 1.29 is 4.48 Å². The summed E-state index contributed by atoms with van der Waals surface area (Å²) >= 11 is 0. The quantitative estimate of drug-likeness (QED) is 0.431. The van der Waals surface area contributed by atoms with E-state index in [2.05, 4.69) is 62.4 Å². The molecule has 3 fully saturated rings. The number of hydrogen-bond donors (Lipinski definition) is 0. The zero-order valence-electron chi connectivity index (χ0n) is 16.7. The molecule has 0 N–H and O–H groups in total. The number of quaternary nitrogens is 1. The molecule has 0 bridgehead atoms. The van der Waals surface area contributed by atoms with Gasteiger partial charge in [0.2, 0.25) is 0 Å². The molecule has 3 rings (SSSR count). The van der Waals surface area contributed by atoms with Crippen LogP contribution in [0.3, 0.4) is 0 Å². The topological polar surface area (TPSA) is 0 Å². The first-order valence-electron chi connectivity index (χ1n) is 9.81. The molecule has 128 valence electrons. The van der Waals surface area contributed by atoms with Crippen LogP contribution in [-0.2, 0) is 0 Å². The first-order chi connectivity index (χ1) is 9.94. The third-order valence-corrected chi connectivity index (χ3v) is 9.41. The molecule has 0 aromatic carbocycles. The van der Waals surface area contributed by atoms with Crippen LogP contribution in [0.15, 0.2) is 0 Å². The first kappa shape index (κ1) is 16.8. The van der Waals surface area contributed by atoms with Gasteiger partial charge in [-0.25, -0.2) is 0 Å². The molecule has 1 heteroatoms. The summed E-state index contributed by atoms with van der Waals surface area (Å²) in [5.74, 6) is 3.78. The van der Waals surface area contributed by atoms with Crippen LogP contribution in [0, 0.1) is 29.1 Å². The maximum absolute atomic E-state index is 2.55. The maximum Gasteiger partial charge on any atom is 0.146 e. The fourth-order valence-corrected chi connectivity index (χ4v) is 6.28. The summed E-state index contributed by atoms with van der Waals surface area (Å²) in [4.78, 5) is 0. The van der Waals surface area contributed by atoms with Gasteiger partial charge in [0.15, 0.2) is 0 Å². The van der Waals surface area contributed by atoms with Crippen LogP contribution in [0.25, 0.3) is 0 Å². The Balaban J connectivity index is 1.50. The van der Waals surface area contributed by atoms with E-state index in [4.69, 9.17) is 0 Å². The van der Waals surface area contributed by atoms with Crippen LogP contribution in [0.4, 0.5) is 0 Å². The van der Waals surface area contributed by atoms with Gasteiger partial charge in [0.25, 0.3) is 0 Å². The molecular formula is C21H40N+. The van der Waals surface area contributed by atoms with Gasteiger partial charge in [-0.15, -0.1) is 0 Å². The summed E-state index contributed by atoms with van der Waals surface area (Å²) in [6, 6.07) is 0.875. The SMILES string of the molecule is CC(C)C(C)C(C)(C)CCCC1C2CC12[N+]1(C)C(C)C1(C)C. The van der Waals surface area contributed by atoms with Gasteiger partial charge in [0.1, 0.15) is 17.1 Å². The number of rotatable bonds is 7. The lowest BCUT2D eigenvalue weighted by Crippen LogP contribution is -2.39. The molecule has 0 aromatic rings. The van der Waals surface area contributed by atoms with Gasteiger partial charge in [-0.3, -0.25) is 0 Å². The second-order valence-electron chi connectivity index (χ2n) is 10.7. The summed E-state index contributed by atoms with van der Waals surface area (Å²) in [7, 11) is 2.55. The third kappa shape index (κ3) is 1.87. The zero-order chi connectivity index (χ0) is 16.7. The first-order valence-corrected chi connectivity index (χ1v) is 9.81. The van der Waals surface area contributed by atoms with Crippen LogP contribution < -0.4 is 0 Å². The maximum atomic E-state index is 2.55. The summed E-state index contributed by atoms with van der Waals surface area (Å²) in [5, 5.41) is 0. The molecule has 1 heterocycles. The van der Waals surface area contributed by atoms with Gasteiger partial charge in [-0.05, 0) is 50.9 Å². The van der Waals surface area contributed by atoms with Crippen molar-refractivity contribution in [3.05, 3.63) is 0 Å². The number of fused-ring (bicyclic) bond motifs is 1. The minimum absolute atomic E-state index is 0.505. The average molecular weight is 307 g/mol. The Morgan fingerprint density at radius 3 is 2.14 bits per heavy atom. The lowest BCUT2D eigenvalue weighted by molar-refractivity contribution is -0.847. The predicted octanol–water partition coefficient (Wildman–Crippen LogP) is 5.49. The summed E-state index contributed by atoms with van der Waals surface area (Å²) in [6.45, 7) is 19.7. The smallest absolute Gasteiger partial charge is 0.146 e. The monoisotopic (exact) mass is 306 g/mol. The highest BCUT2D eigenvalue weighted by Crippen LogP contribution is 2.84. The lowest BCUT2D eigenvalue weighted by atomic mass is 9.71. The fraction of sp³-hybridized carbons (Fsp3) is 1.00. The molecule has 6 unspecified atom stereocenters. The zero-order valence-corrected chi connectivity index (χ0v) is 16.7. The average Bonchev–Trinajstić information content (AvgIpc) is 3.33. The van der Waals surface area contributed by atoms with E-state index in [1.54, 1.807) is 0 Å². The second-order valence-corrected chi connectivity index (χ2v) is 10.7. The second kappa shape index (κ2) is 4.52.